The van der Waals surface area contributed by atoms with E-state index in [1.807, 2.05) is 64.1 Å². The molecule has 0 spiro atoms. The molecule has 4 heterocycles. The van der Waals surface area contributed by atoms with Crippen LogP contribution in [0.2, 0.25) is 0 Å². The molecule has 5 rings (SSSR count). The number of benzene rings is 1. The number of likely N-dealkylation sites (tertiary alicyclic amines) is 1. The van der Waals surface area contributed by atoms with Gasteiger partial charge in [-0.05, 0) is 43.9 Å². The van der Waals surface area contributed by atoms with Gasteiger partial charge in [0.25, 0.3) is 5.91 Å². The van der Waals surface area contributed by atoms with Crippen molar-refractivity contribution in [3.8, 4) is 11.1 Å². The predicted molar refractivity (Wildman–Crippen MR) is 142 cm³/mol. The molecule has 0 bridgehead atoms. The summed E-state index contributed by atoms with van der Waals surface area (Å²) in [6, 6.07) is 12.9. The molecule has 1 saturated heterocycles. The Bertz CT molecular complexity index is 1400. The number of nitrogens with one attached hydrogen (secondary N) is 1. The first-order valence-corrected chi connectivity index (χ1v) is 12.9. The molecular weight excluding hydrogens is 482 g/mol. The highest BCUT2D eigenvalue weighted by Crippen LogP contribution is 2.35. The normalized spacial score (nSPS) is 24.0. The molecule has 9 nitrogen and oxygen atoms in total. The van der Waals surface area contributed by atoms with Crippen molar-refractivity contribution in [1.29, 1.82) is 0 Å². The number of hydrogen-bond donors (Lipinski definition) is 2. The molecule has 9 heteroatoms. The van der Waals surface area contributed by atoms with Gasteiger partial charge in [-0.3, -0.25) is 14.6 Å². The Balaban J connectivity index is 1.43. The third kappa shape index (κ3) is 4.51. The Kier molecular flexibility index (Phi) is 6.65. The van der Waals surface area contributed by atoms with Crippen molar-refractivity contribution in [1.82, 2.24) is 20.4 Å². The number of β-amino-alcohol motifs (C(OH)–C–C–N with tert-alkyl or cyclic N) is 1. The molecule has 2 N–H and O–H groups in total. The maximum Gasteiger partial charge on any atom is 0.257 e. The van der Waals surface area contributed by atoms with Gasteiger partial charge in [-0.25, -0.2) is 4.99 Å². The summed E-state index contributed by atoms with van der Waals surface area (Å²) in [5, 5.41) is 17.4. The fourth-order valence-corrected chi connectivity index (χ4v) is 5.44. The highest BCUT2D eigenvalue weighted by Gasteiger charge is 2.48. The molecule has 0 aliphatic carbocycles. The van der Waals surface area contributed by atoms with Gasteiger partial charge in [0.15, 0.2) is 5.54 Å². The molecule has 198 valence electrons. The highest BCUT2D eigenvalue weighted by atomic mass is 16.5. The first-order valence-electron chi connectivity index (χ1n) is 12.9. The number of aliphatic hydroxyl groups is 1. The molecule has 0 saturated carbocycles. The van der Waals surface area contributed by atoms with Crippen LogP contribution in [-0.4, -0.2) is 56.5 Å². The Labute approximate surface area is 222 Å². The second-order valence-corrected chi connectivity index (χ2v) is 10.7. The van der Waals surface area contributed by atoms with Crippen molar-refractivity contribution in [3.63, 3.8) is 0 Å². The maximum atomic E-state index is 13.8. The first-order chi connectivity index (χ1) is 18.1. The predicted octanol–water partition coefficient (Wildman–Crippen LogP) is 3.50. The molecule has 2 aliphatic rings. The number of aliphatic hydroxyl groups excluding tert-OH is 1. The van der Waals surface area contributed by atoms with E-state index >= 15 is 0 Å². The summed E-state index contributed by atoms with van der Waals surface area (Å²) in [5.74, 6) is -0.172. The molecule has 4 atom stereocenters. The lowest BCUT2D eigenvalue weighted by Gasteiger charge is -2.29. The van der Waals surface area contributed by atoms with E-state index in [0.717, 1.165) is 22.4 Å². The van der Waals surface area contributed by atoms with Crippen molar-refractivity contribution in [2.75, 3.05) is 6.54 Å². The second-order valence-electron chi connectivity index (χ2n) is 10.7. The number of nitrogens with zero attached hydrogens (tertiary/aromatic N) is 4. The smallest absolute Gasteiger partial charge is 0.257 e. The van der Waals surface area contributed by atoms with Gasteiger partial charge in [0.2, 0.25) is 5.91 Å². The summed E-state index contributed by atoms with van der Waals surface area (Å²) in [4.78, 5) is 37.8. The number of carbonyl (C=O) groups excluding carboxylic acids is 2. The average molecular weight is 516 g/mol. The van der Waals surface area contributed by atoms with Gasteiger partial charge < -0.3 is 19.8 Å². The van der Waals surface area contributed by atoms with E-state index in [1.165, 1.54) is 0 Å². The largest absolute Gasteiger partial charge is 0.391 e. The first kappa shape index (κ1) is 25.8. The minimum Gasteiger partial charge on any atom is -0.391 e. The minimum absolute atomic E-state index is 0.0550. The SMILES string of the molecule is Cc1cc([C@@H](C(=O)N2C[C@H](O)C[C@H]2C2=N[C@](C)(c3ccc(-c4cccnc4C)cc3)C(=O)N2)C(C)C)on1. The van der Waals surface area contributed by atoms with E-state index in [4.69, 9.17) is 9.52 Å². The quantitative estimate of drug-likeness (QED) is 0.518. The summed E-state index contributed by atoms with van der Waals surface area (Å²) in [5.41, 5.74) is 3.24. The molecule has 1 fully saturated rings. The van der Waals surface area contributed by atoms with Crippen LogP contribution >= 0.6 is 0 Å². The average Bonchev–Trinajstić information content (AvgIpc) is 3.57. The third-order valence-electron chi connectivity index (χ3n) is 7.56. The van der Waals surface area contributed by atoms with Crippen LogP contribution in [0.25, 0.3) is 11.1 Å². The summed E-state index contributed by atoms with van der Waals surface area (Å²) in [6.45, 7) is 9.60. The zero-order chi connectivity index (χ0) is 27.2. The lowest BCUT2D eigenvalue weighted by atomic mass is 9.91. The summed E-state index contributed by atoms with van der Waals surface area (Å²) < 4.78 is 5.45. The molecular formula is C29H33N5O4. The Morgan fingerprint density at radius 3 is 2.58 bits per heavy atom. The molecule has 2 aliphatic heterocycles. The van der Waals surface area contributed by atoms with Crippen molar-refractivity contribution < 1.29 is 19.2 Å². The Morgan fingerprint density at radius 1 is 1.21 bits per heavy atom. The van der Waals surface area contributed by atoms with Crippen LogP contribution in [0.5, 0.6) is 0 Å². The second kappa shape index (κ2) is 9.79. The van der Waals surface area contributed by atoms with E-state index in [9.17, 15) is 14.7 Å². The zero-order valence-electron chi connectivity index (χ0n) is 22.3. The number of pyridine rings is 1. The van der Waals surface area contributed by atoms with Crippen LogP contribution in [0.3, 0.4) is 0 Å². The summed E-state index contributed by atoms with van der Waals surface area (Å²) in [6.07, 6.45) is 1.33. The number of aromatic nitrogens is 2. The van der Waals surface area contributed by atoms with Crippen molar-refractivity contribution >= 4 is 17.6 Å². The van der Waals surface area contributed by atoms with E-state index in [0.29, 0.717) is 23.7 Å². The number of aryl methyl sites for hydroxylation is 2. The highest BCUT2D eigenvalue weighted by molar-refractivity contribution is 6.11. The fraction of sp³-hybridized carbons (Fsp3) is 0.414. The number of amidine groups is 1. The van der Waals surface area contributed by atoms with Crippen LogP contribution in [0.4, 0.5) is 0 Å². The number of carbonyl (C=O) groups is 2. The third-order valence-corrected chi connectivity index (χ3v) is 7.56. The van der Waals surface area contributed by atoms with E-state index in [1.54, 1.807) is 24.1 Å². The molecule has 1 aromatic carbocycles. The minimum atomic E-state index is -1.15. The molecule has 3 aromatic rings. The molecule has 2 amide bonds. The zero-order valence-corrected chi connectivity index (χ0v) is 22.3. The van der Waals surface area contributed by atoms with Gasteiger partial charge in [0, 0.05) is 36.5 Å². The van der Waals surface area contributed by atoms with E-state index in [-0.39, 0.29) is 24.3 Å². The van der Waals surface area contributed by atoms with Crippen LogP contribution in [0.15, 0.2) is 58.2 Å². The van der Waals surface area contributed by atoms with Crippen molar-refractivity contribution in [3.05, 3.63) is 71.4 Å². The summed E-state index contributed by atoms with van der Waals surface area (Å²) in [7, 11) is 0. The van der Waals surface area contributed by atoms with E-state index < -0.39 is 23.6 Å². The van der Waals surface area contributed by atoms with Crippen molar-refractivity contribution in [2.24, 2.45) is 10.9 Å². The fourth-order valence-electron chi connectivity index (χ4n) is 5.44. The lowest BCUT2D eigenvalue weighted by Crippen LogP contribution is -2.48. The number of amides is 2. The number of hydrogen-bond acceptors (Lipinski definition) is 7. The Morgan fingerprint density at radius 2 is 1.95 bits per heavy atom. The van der Waals surface area contributed by atoms with Gasteiger partial charge in [-0.2, -0.15) is 0 Å². The maximum absolute atomic E-state index is 13.8. The summed E-state index contributed by atoms with van der Waals surface area (Å²) >= 11 is 0. The molecule has 2 aromatic heterocycles. The van der Waals surface area contributed by atoms with Crippen LogP contribution in [0, 0.1) is 19.8 Å². The topological polar surface area (TPSA) is 121 Å². The van der Waals surface area contributed by atoms with Crippen LogP contribution < -0.4 is 5.32 Å². The Hall–Kier alpha value is -3.85. The van der Waals surface area contributed by atoms with Gasteiger partial charge in [-0.15, -0.1) is 0 Å². The molecule has 0 unspecified atom stereocenters. The number of rotatable bonds is 6. The lowest BCUT2D eigenvalue weighted by molar-refractivity contribution is -0.134. The standard InChI is InChI=1S/C29H33N5O4/c1-16(2)25(24-13-17(3)33-38-24)27(36)34-15-21(35)14-23(34)26-31-28(37)29(5,32-26)20-10-8-19(9-11-20)22-7-6-12-30-18(22)4/h6-13,16,21,23,25,35H,14-15H2,1-5H3,(H,31,32,37)/t21-,23+,25+,29-/m1/s1. The molecule has 38 heavy (non-hydrogen) atoms. The van der Waals surface area contributed by atoms with Gasteiger partial charge in [0.05, 0.1) is 17.8 Å². The van der Waals surface area contributed by atoms with Crippen LogP contribution in [-0.2, 0) is 15.1 Å². The van der Waals surface area contributed by atoms with Crippen molar-refractivity contribution in [2.45, 2.75) is 64.6 Å². The van der Waals surface area contributed by atoms with Gasteiger partial charge in [0.1, 0.15) is 17.5 Å². The van der Waals surface area contributed by atoms with E-state index in [2.05, 4.69) is 15.5 Å². The molecule has 0 radical (unpaired) electrons. The number of aliphatic imine (C=N–C) groups is 1. The van der Waals surface area contributed by atoms with Gasteiger partial charge >= 0.3 is 0 Å². The van der Waals surface area contributed by atoms with Gasteiger partial charge in [-0.1, -0.05) is 49.3 Å². The van der Waals surface area contributed by atoms with Crippen LogP contribution in [0.1, 0.15) is 55.8 Å². The monoisotopic (exact) mass is 515 g/mol.